The Morgan fingerprint density at radius 3 is 2.52 bits per heavy atom. The molecule has 1 saturated heterocycles. The maximum Gasteiger partial charge on any atom is 0.144 e. The van der Waals surface area contributed by atoms with Gasteiger partial charge in [-0.1, -0.05) is 24.3 Å². The van der Waals surface area contributed by atoms with E-state index in [1.54, 1.807) is 24.5 Å². The third-order valence-electron chi connectivity index (χ3n) is 5.35. The molecule has 0 spiro atoms. The average Bonchev–Trinajstić information content (AvgIpc) is 3.30. The second kappa shape index (κ2) is 9.11. The van der Waals surface area contributed by atoms with Gasteiger partial charge in [0.1, 0.15) is 34.7 Å². The van der Waals surface area contributed by atoms with Crippen LogP contribution in [0.3, 0.4) is 0 Å². The van der Waals surface area contributed by atoms with Gasteiger partial charge in [-0.05, 0) is 11.1 Å². The Morgan fingerprint density at radius 2 is 1.90 bits per heavy atom. The minimum absolute atomic E-state index is 0.00652. The number of rotatable bonds is 6. The number of aromatic amines is 1. The van der Waals surface area contributed by atoms with Crippen LogP contribution in [0.15, 0.2) is 43.0 Å². The van der Waals surface area contributed by atoms with Crippen molar-refractivity contribution < 1.29 is 8.42 Å². The van der Waals surface area contributed by atoms with Gasteiger partial charge in [-0.25, -0.2) is 18.4 Å². The topological polar surface area (TPSA) is 145 Å². The number of anilines is 2. The number of piperazine rings is 1. The van der Waals surface area contributed by atoms with E-state index in [0.29, 0.717) is 32.0 Å². The molecule has 1 fully saturated rings. The van der Waals surface area contributed by atoms with Gasteiger partial charge in [-0.2, -0.15) is 10.4 Å². The minimum atomic E-state index is -2.47. The van der Waals surface area contributed by atoms with Crippen molar-refractivity contribution >= 4 is 22.3 Å². The number of hydrogen-bond donors (Lipinski definition) is 3. The summed E-state index contributed by atoms with van der Waals surface area (Å²) in [6, 6.07) is 9.17. The van der Waals surface area contributed by atoms with E-state index in [1.807, 2.05) is 12.1 Å². The van der Waals surface area contributed by atoms with Crippen LogP contribution in [-0.4, -0.2) is 59.7 Å². The van der Waals surface area contributed by atoms with Gasteiger partial charge in [0, 0.05) is 37.9 Å². The van der Waals surface area contributed by atoms with Gasteiger partial charge >= 0.3 is 0 Å². The van der Waals surface area contributed by atoms with Crippen LogP contribution in [0.25, 0.3) is 11.1 Å². The number of nitrogens with zero attached hydrogens (tertiary/aromatic N) is 6. The van der Waals surface area contributed by atoms with Gasteiger partial charge in [0.25, 0.3) is 0 Å². The molecule has 0 aliphatic carbocycles. The van der Waals surface area contributed by atoms with Crippen molar-refractivity contribution in [3.63, 3.8) is 0 Å². The van der Waals surface area contributed by atoms with Crippen molar-refractivity contribution in [3.8, 4) is 17.2 Å². The molecular weight excluding hydrogens is 416 g/mol. The summed E-state index contributed by atoms with van der Waals surface area (Å²) in [5.41, 5.74) is 9.26. The summed E-state index contributed by atoms with van der Waals surface area (Å²) in [4.78, 5) is 12.8. The molecule has 1 aliphatic heterocycles. The summed E-state index contributed by atoms with van der Waals surface area (Å²) in [5.74, 6) is 1.15. The van der Waals surface area contributed by atoms with Crippen LogP contribution in [0.5, 0.6) is 0 Å². The van der Waals surface area contributed by atoms with Crippen molar-refractivity contribution in [2.45, 2.75) is 11.8 Å². The van der Waals surface area contributed by atoms with Crippen LogP contribution in [0.1, 0.15) is 17.2 Å². The predicted molar refractivity (Wildman–Crippen MR) is 117 cm³/mol. The second-order valence-electron chi connectivity index (χ2n) is 7.23. The zero-order valence-corrected chi connectivity index (χ0v) is 17.6. The normalized spacial score (nSPS) is 15.7. The van der Waals surface area contributed by atoms with Crippen LogP contribution in [0.4, 0.5) is 11.6 Å². The fraction of sp³-hybridized carbons (Fsp3) is 0.300. The first kappa shape index (κ1) is 20.8. The van der Waals surface area contributed by atoms with Crippen LogP contribution in [0, 0.1) is 11.3 Å². The first-order chi connectivity index (χ1) is 15.1. The minimum Gasteiger partial charge on any atom is -0.383 e. The zero-order valence-electron chi connectivity index (χ0n) is 16.7. The lowest BCUT2D eigenvalue weighted by molar-refractivity contribution is 0.222. The van der Waals surface area contributed by atoms with Gasteiger partial charge in [-0.3, -0.25) is 10.00 Å². The highest BCUT2D eigenvalue weighted by Gasteiger charge is 2.27. The maximum absolute atomic E-state index is 10.9. The lowest BCUT2D eigenvalue weighted by atomic mass is 10.0. The van der Waals surface area contributed by atoms with Crippen LogP contribution in [-0.2, 0) is 16.5 Å². The largest absolute Gasteiger partial charge is 0.383 e. The highest BCUT2D eigenvalue weighted by Crippen LogP contribution is 2.33. The van der Waals surface area contributed by atoms with E-state index >= 15 is 0 Å². The Morgan fingerprint density at radius 1 is 1.16 bits per heavy atom. The van der Waals surface area contributed by atoms with Crippen molar-refractivity contribution in [2.24, 2.45) is 0 Å². The number of thiol groups is 1. The van der Waals surface area contributed by atoms with Gasteiger partial charge in [0.15, 0.2) is 0 Å². The summed E-state index contributed by atoms with van der Waals surface area (Å²) in [7, 11) is -2.47. The molecular formula is C20H22N8O2S. The molecule has 3 N–H and O–H groups in total. The Balaban J connectivity index is 1.49. The van der Waals surface area contributed by atoms with Crippen molar-refractivity contribution in [2.75, 3.05) is 36.8 Å². The zero-order chi connectivity index (χ0) is 21.8. The standard InChI is InChI=1S/C20H22N8O2S/c21-9-17(15-3-1-14(2-4-15)12-31(29)30)27-5-7-28(8-6-27)20-18(16-10-25-26-11-16)19(22)23-13-24-20/h1-4,10-11,13,17,31H,5-8,12H2,(H,25,26)(H2,22,23,24). The van der Waals surface area contributed by atoms with Gasteiger partial charge < -0.3 is 10.6 Å². The van der Waals surface area contributed by atoms with Crippen molar-refractivity contribution in [1.82, 2.24) is 25.1 Å². The fourth-order valence-electron chi connectivity index (χ4n) is 3.81. The fourth-order valence-corrected chi connectivity index (χ4v) is 4.32. The van der Waals surface area contributed by atoms with Gasteiger partial charge in [0.05, 0.1) is 23.6 Å². The quantitative estimate of drug-likeness (QED) is 0.479. The summed E-state index contributed by atoms with van der Waals surface area (Å²) in [6.45, 7) is 2.69. The van der Waals surface area contributed by atoms with Crippen LogP contribution < -0.4 is 10.6 Å². The third-order valence-corrected chi connectivity index (χ3v) is 5.98. The molecule has 0 saturated carbocycles. The first-order valence-corrected chi connectivity index (χ1v) is 11.1. The second-order valence-corrected chi connectivity index (χ2v) is 8.21. The number of H-pyrrole nitrogens is 1. The molecule has 4 rings (SSSR count). The van der Waals surface area contributed by atoms with E-state index < -0.39 is 16.7 Å². The molecule has 1 aliphatic rings. The lowest BCUT2D eigenvalue weighted by Gasteiger charge is -2.38. The molecule has 3 heterocycles. The summed E-state index contributed by atoms with van der Waals surface area (Å²) in [6.07, 6.45) is 4.90. The van der Waals surface area contributed by atoms with Crippen molar-refractivity contribution in [3.05, 3.63) is 54.1 Å². The van der Waals surface area contributed by atoms with Crippen LogP contribution >= 0.6 is 0 Å². The number of nitrogen functional groups attached to an aromatic ring is 1. The number of nitrogens with one attached hydrogen (secondary N) is 1. The monoisotopic (exact) mass is 438 g/mol. The number of benzene rings is 1. The van der Waals surface area contributed by atoms with Crippen LogP contribution in [0.2, 0.25) is 0 Å². The smallest absolute Gasteiger partial charge is 0.144 e. The van der Waals surface area contributed by atoms with E-state index in [0.717, 1.165) is 28.1 Å². The Bertz CT molecular complexity index is 1140. The Hall–Kier alpha value is -3.49. The molecule has 1 aromatic carbocycles. The summed E-state index contributed by atoms with van der Waals surface area (Å²) < 4.78 is 21.8. The molecule has 2 aromatic heterocycles. The molecule has 31 heavy (non-hydrogen) atoms. The van der Waals surface area contributed by atoms with E-state index in [4.69, 9.17) is 5.73 Å². The highest BCUT2D eigenvalue weighted by molar-refractivity contribution is 7.71. The third kappa shape index (κ3) is 4.50. The summed E-state index contributed by atoms with van der Waals surface area (Å²) >= 11 is 0. The predicted octanol–water partition coefficient (Wildman–Crippen LogP) is 0.947. The SMILES string of the molecule is N#CC(c1ccc(C[SH](=O)=O)cc1)N1CCN(c2ncnc(N)c2-c2cn[nH]c2)CC1. The molecule has 1 unspecified atom stereocenters. The Labute approximate surface area is 181 Å². The van der Waals surface area contributed by atoms with Gasteiger partial charge in [-0.15, -0.1) is 0 Å². The molecule has 11 heteroatoms. The molecule has 0 radical (unpaired) electrons. The van der Waals surface area contributed by atoms with Crippen molar-refractivity contribution in [1.29, 1.82) is 5.26 Å². The molecule has 1 atom stereocenters. The average molecular weight is 439 g/mol. The Kier molecular flexibility index (Phi) is 6.11. The van der Waals surface area contributed by atoms with E-state index in [9.17, 15) is 13.7 Å². The number of aromatic nitrogens is 4. The molecule has 0 bridgehead atoms. The molecule has 3 aromatic rings. The lowest BCUT2D eigenvalue weighted by Crippen LogP contribution is -2.48. The van der Waals surface area contributed by atoms with Gasteiger partial charge in [0.2, 0.25) is 0 Å². The molecule has 10 nitrogen and oxygen atoms in total. The maximum atomic E-state index is 10.9. The van der Waals surface area contributed by atoms with E-state index in [2.05, 4.69) is 36.0 Å². The number of nitriles is 1. The number of hydrogen-bond acceptors (Lipinski definition) is 9. The van der Waals surface area contributed by atoms with E-state index in [1.165, 1.54) is 6.33 Å². The summed E-state index contributed by atoms with van der Waals surface area (Å²) in [5, 5.41) is 16.6. The highest BCUT2D eigenvalue weighted by atomic mass is 32.2. The van der Waals surface area contributed by atoms with E-state index in [-0.39, 0.29) is 5.75 Å². The molecule has 160 valence electrons. The first-order valence-electron chi connectivity index (χ1n) is 9.75. The molecule has 0 amide bonds. The number of nitrogens with two attached hydrogens (primary N) is 1.